The Morgan fingerprint density at radius 2 is 2.25 bits per heavy atom. The minimum absolute atomic E-state index is 0.303. The Morgan fingerprint density at radius 3 is 2.83 bits per heavy atom. The van der Waals surface area contributed by atoms with Gasteiger partial charge < -0.3 is 9.32 Å². The maximum Gasteiger partial charge on any atom is 0.297 e. The summed E-state index contributed by atoms with van der Waals surface area (Å²) in [6.45, 7) is 1.97. The Kier molecular flexibility index (Phi) is 1.81. The van der Waals surface area contributed by atoms with Crippen LogP contribution in [0.15, 0.2) is 10.6 Å². The van der Waals surface area contributed by atoms with E-state index < -0.39 is 0 Å². The van der Waals surface area contributed by atoms with Gasteiger partial charge in [-0.1, -0.05) is 0 Å². The molecule has 0 radical (unpaired) electrons. The van der Waals surface area contributed by atoms with Crippen molar-refractivity contribution in [3.63, 3.8) is 0 Å². The Morgan fingerprint density at radius 1 is 1.50 bits per heavy atom. The fourth-order valence-corrected chi connectivity index (χ4v) is 1.39. The summed E-state index contributed by atoms with van der Waals surface area (Å²) in [6, 6.07) is 0.578. The van der Waals surface area contributed by atoms with Crippen LogP contribution in [0.25, 0.3) is 0 Å². The molecule has 2 rings (SSSR count). The van der Waals surface area contributed by atoms with Crippen LogP contribution in [0.2, 0.25) is 0 Å². The summed E-state index contributed by atoms with van der Waals surface area (Å²) >= 11 is 0. The molecule has 1 saturated heterocycles. The number of hydrogen-bond donors (Lipinski definition) is 0. The van der Waals surface area contributed by atoms with E-state index in [1.165, 1.54) is 19.0 Å². The molecule has 4 nitrogen and oxygen atoms in total. The average molecular weight is 166 g/mol. The van der Waals surface area contributed by atoms with Crippen LogP contribution in [0.5, 0.6) is 0 Å². The van der Waals surface area contributed by atoms with Crippen molar-refractivity contribution in [1.29, 1.82) is 0 Å². The zero-order valence-electron chi connectivity index (χ0n) is 6.69. The Labute approximate surface area is 70.2 Å². The van der Waals surface area contributed by atoms with Crippen LogP contribution in [-0.2, 0) is 0 Å². The van der Waals surface area contributed by atoms with Gasteiger partial charge in [-0.05, 0) is 12.8 Å². The molecule has 0 amide bonds. The van der Waals surface area contributed by atoms with Crippen LogP contribution in [0.1, 0.15) is 23.4 Å². The molecule has 0 bridgehead atoms. The lowest BCUT2D eigenvalue weighted by Crippen LogP contribution is -2.17. The third-order valence-corrected chi connectivity index (χ3v) is 2.00. The molecule has 1 aliphatic heterocycles. The van der Waals surface area contributed by atoms with Crippen molar-refractivity contribution >= 4 is 12.3 Å². The monoisotopic (exact) mass is 166 g/mol. The highest BCUT2D eigenvalue weighted by molar-refractivity contribution is 5.70. The summed E-state index contributed by atoms with van der Waals surface area (Å²) in [6.07, 6.45) is 4.49. The molecule has 0 aromatic carbocycles. The summed E-state index contributed by atoms with van der Waals surface area (Å²) in [5.41, 5.74) is 0. The van der Waals surface area contributed by atoms with E-state index >= 15 is 0 Å². The maximum absolute atomic E-state index is 10.3. The maximum atomic E-state index is 10.3. The van der Waals surface area contributed by atoms with Gasteiger partial charge in [0.1, 0.15) is 0 Å². The smallest absolute Gasteiger partial charge is 0.297 e. The number of hydrogen-bond acceptors (Lipinski definition) is 4. The quantitative estimate of drug-likeness (QED) is 0.617. The summed E-state index contributed by atoms with van der Waals surface area (Å²) in [5.74, 6) is 0.303. The van der Waals surface area contributed by atoms with Gasteiger partial charge in [0.05, 0.1) is 6.20 Å². The molecular weight excluding hydrogens is 156 g/mol. The SMILES string of the molecule is O=Cc1cnc(N2CCCC2)o1. The van der Waals surface area contributed by atoms with Crippen molar-refractivity contribution in [3.05, 3.63) is 12.0 Å². The van der Waals surface area contributed by atoms with E-state index in [1.807, 2.05) is 4.90 Å². The van der Waals surface area contributed by atoms with Crippen molar-refractivity contribution in [2.45, 2.75) is 12.8 Å². The number of aldehydes is 1. The normalized spacial score (nSPS) is 16.8. The van der Waals surface area contributed by atoms with Crippen molar-refractivity contribution < 1.29 is 9.21 Å². The van der Waals surface area contributed by atoms with E-state index in [4.69, 9.17) is 4.42 Å². The summed E-state index contributed by atoms with van der Waals surface area (Å²) in [5, 5.41) is 0. The Hall–Kier alpha value is -1.32. The van der Waals surface area contributed by atoms with Gasteiger partial charge in [0, 0.05) is 13.1 Å². The van der Waals surface area contributed by atoms with Gasteiger partial charge in [-0.3, -0.25) is 4.79 Å². The van der Waals surface area contributed by atoms with Crippen LogP contribution in [0.4, 0.5) is 6.01 Å². The fourth-order valence-electron chi connectivity index (χ4n) is 1.39. The molecule has 1 aromatic rings. The lowest BCUT2D eigenvalue weighted by Gasteiger charge is -2.10. The summed E-state index contributed by atoms with van der Waals surface area (Å²) in [7, 11) is 0. The summed E-state index contributed by atoms with van der Waals surface area (Å²) in [4.78, 5) is 16.3. The van der Waals surface area contributed by atoms with Gasteiger partial charge in [-0.15, -0.1) is 0 Å². The number of carbonyl (C=O) groups excluding carboxylic acids is 1. The number of aromatic nitrogens is 1. The van der Waals surface area contributed by atoms with Crippen LogP contribution >= 0.6 is 0 Å². The molecule has 0 spiro atoms. The molecule has 2 heterocycles. The van der Waals surface area contributed by atoms with Crippen LogP contribution < -0.4 is 4.90 Å². The van der Waals surface area contributed by atoms with Crippen molar-refractivity contribution in [3.8, 4) is 0 Å². The van der Waals surface area contributed by atoms with Crippen LogP contribution in [0.3, 0.4) is 0 Å². The molecule has 0 unspecified atom stereocenters. The highest BCUT2D eigenvalue weighted by Crippen LogP contribution is 2.18. The van der Waals surface area contributed by atoms with E-state index in [1.54, 1.807) is 0 Å². The number of anilines is 1. The largest absolute Gasteiger partial charge is 0.421 e. The molecule has 12 heavy (non-hydrogen) atoms. The lowest BCUT2D eigenvalue weighted by molar-refractivity contribution is 0.110. The first-order valence-corrected chi connectivity index (χ1v) is 4.06. The molecular formula is C8H10N2O2. The molecule has 1 fully saturated rings. The fraction of sp³-hybridized carbons (Fsp3) is 0.500. The van der Waals surface area contributed by atoms with Crippen molar-refractivity contribution in [2.24, 2.45) is 0 Å². The molecule has 0 saturated carbocycles. The molecule has 4 heteroatoms. The van der Waals surface area contributed by atoms with Gasteiger partial charge in [0.25, 0.3) is 6.01 Å². The second-order valence-corrected chi connectivity index (χ2v) is 2.86. The van der Waals surface area contributed by atoms with Crippen molar-refractivity contribution in [2.75, 3.05) is 18.0 Å². The minimum Gasteiger partial charge on any atom is -0.421 e. The number of rotatable bonds is 2. The minimum atomic E-state index is 0.303. The third kappa shape index (κ3) is 1.20. The first kappa shape index (κ1) is 7.34. The Bertz CT molecular complexity index is 276. The predicted octanol–water partition coefficient (Wildman–Crippen LogP) is 1.09. The molecule has 0 aliphatic carbocycles. The molecule has 0 atom stereocenters. The van der Waals surface area contributed by atoms with Crippen LogP contribution in [-0.4, -0.2) is 24.4 Å². The number of carbonyl (C=O) groups is 1. The van der Waals surface area contributed by atoms with Gasteiger partial charge in [0.15, 0.2) is 12.0 Å². The molecule has 0 N–H and O–H groups in total. The lowest BCUT2D eigenvalue weighted by atomic mass is 10.4. The van der Waals surface area contributed by atoms with Crippen molar-refractivity contribution in [1.82, 2.24) is 4.98 Å². The van der Waals surface area contributed by atoms with Gasteiger partial charge in [0.2, 0.25) is 0 Å². The second kappa shape index (κ2) is 2.97. The number of nitrogens with zero attached hydrogens (tertiary/aromatic N) is 2. The summed E-state index contributed by atoms with van der Waals surface area (Å²) < 4.78 is 5.16. The zero-order valence-corrected chi connectivity index (χ0v) is 6.69. The first-order valence-electron chi connectivity index (χ1n) is 4.06. The predicted molar refractivity (Wildman–Crippen MR) is 43.3 cm³/mol. The molecule has 64 valence electrons. The zero-order chi connectivity index (χ0) is 8.39. The van der Waals surface area contributed by atoms with E-state index in [9.17, 15) is 4.79 Å². The highest BCUT2D eigenvalue weighted by Gasteiger charge is 2.16. The molecule has 1 aromatic heterocycles. The average Bonchev–Trinajstić information content (AvgIpc) is 2.75. The highest BCUT2D eigenvalue weighted by atomic mass is 16.4. The Balaban J connectivity index is 2.16. The molecule has 1 aliphatic rings. The second-order valence-electron chi connectivity index (χ2n) is 2.86. The van der Waals surface area contributed by atoms with Crippen LogP contribution in [0, 0.1) is 0 Å². The van der Waals surface area contributed by atoms with Gasteiger partial charge >= 0.3 is 0 Å². The standard InChI is InChI=1S/C8H10N2O2/c11-6-7-5-9-8(12-7)10-3-1-2-4-10/h5-6H,1-4H2. The van der Waals surface area contributed by atoms with Gasteiger partial charge in [-0.2, -0.15) is 0 Å². The first-order chi connectivity index (χ1) is 5.90. The van der Waals surface area contributed by atoms with E-state index in [0.717, 1.165) is 13.1 Å². The number of oxazole rings is 1. The third-order valence-electron chi connectivity index (χ3n) is 2.00. The van der Waals surface area contributed by atoms with E-state index in [2.05, 4.69) is 4.98 Å². The van der Waals surface area contributed by atoms with Gasteiger partial charge in [-0.25, -0.2) is 4.98 Å². The topological polar surface area (TPSA) is 46.3 Å². The van der Waals surface area contributed by atoms with E-state index in [-0.39, 0.29) is 0 Å². The van der Waals surface area contributed by atoms with E-state index in [0.29, 0.717) is 18.1 Å².